The molecule has 2 heterocycles. The molecule has 0 aliphatic heterocycles. The van der Waals surface area contributed by atoms with Crippen LogP contribution in [0.1, 0.15) is 33.1 Å². The molecule has 0 unspecified atom stereocenters. The molecular weight excluding hydrogens is 371 g/mol. The maximum atomic E-state index is 13.8. The van der Waals surface area contributed by atoms with Crippen LogP contribution in [-0.4, -0.2) is 46.0 Å². The van der Waals surface area contributed by atoms with Gasteiger partial charge in [-0.2, -0.15) is 0 Å². The normalized spacial score (nSPS) is 11.6. The number of amides is 1. The van der Waals surface area contributed by atoms with Crippen molar-refractivity contribution in [1.29, 1.82) is 0 Å². The molecule has 0 saturated carbocycles. The summed E-state index contributed by atoms with van der Waals surface area (Å²) in [6.07, 6.45) is 3.57. The summed E-state index contributed by atoms with van der Waals surface area (Å²) in [7, 11) is 0. The monoisotopic (exact) mass is 400 g/mol. The highest BCUT2D eigenvalue weighted by molar-refractivity contribution is 5.79. The minimum atomic E-state index is -0.386. The van der Waals surface area contributed by atoms with E-state index in [4.69, 9.17) is 0 Å². The summed E-state index contributed by atoms with van der Waals surface area (Å²) < 4.78 is 17.2. The number of aromatic nitrogens is 2. The highest BCUT2D eigenvalue weighted by Gasteiger charge is 2.12. The fraction of sp³-hybridized carbons (Fsp3) is 0.455. The van der Waals surface area contributed by atoms with Crippen LogP contribution in [0.5, 0.6) is 0 Å². The van der Waals surface area contributed by atoms with Crippen LogP contribution >= 0.6 is 0 Å². The largest absolute Gasteiger partial charge is 0.356 e. The minimum Gasteiger partial charge on any atom is -0.356 e. The van der Waals surface area contributed by atoms with Crippen LogP contribution in [0.2, 0.25) is 0 Å². The summed E-state index contributed by atoms with van der Waals surface area (Å²) in [6, 6.07) is 8.00. The topological polar surface area (TPSA) is 58.8 Å². The lowest BCUT2D eigenvalue weighted by atomic mass is 10.2. The van der Waals surface area contributed by atoms with Gasteiger partial charge in [-0.15, -0.1) is 0 Å². The first-order chi connectivity index (χ1) is 14.0. The molecule has 156 valence electrons. The SMILES string of the molecule is CCN(CC)CCCNC(=O)CCCn1c(=O)c2cccn2c2ccc(F)cc21. The lowest BCUT2D eigenvalue weighted by Gasteiger charge is -2.17. The third kappa shape index (κ3) is 4.85. The third-order valence-corrected chi connectivity index (χ3v) is 5.35. The fourth-order valence-corrected chi connectivity index (χ4v) is 3.71. The predicted molar refractivity (Wildman–Crippen MR) is 114 cm³/mol. The van der Waals surface area contributed by atoms with Crippen molar-refractivity contribution in [2.45, 2.75) is 39.7 Å². The number of rotatable bonds is 10. The lowest BCUT2D eigenvalue weighted by molar-refractivity contribution is -0.121. The number of halogens is 1. The van der Waals surface area contributed by atoms with Crippen molar-refractivity contribution in [2.75, 3.05) is 26.2 Å². The standard InChI is InChI=1S/C22H29FN4O2/c1-3-25(4-2)13-7-12-24-21(28)9-6-15-27-20-16-17(23)10-11-18(20)26-14-5-8-19(26)22(27)29/h5,8,10-11,14,16H,3-4,6-7,9,12-13,15H2,1-2H3,(H,24,28). The first-order valence-corrected chi connectivity index (χ1v) is 10.3. The first-order valence-electron chi connectivity index (χ1n) is 10.3. The molecule has 0 spiro atoms. The number of carbonyl (C=O) groups is 1. The zero-order chi connectivity index (χ0) is 20.8. The van der Waals surface area contributed by atoms with E-state index in [9.17, 15) is 14.0 Å². The molecule has 1 N–H and O–H groups in total. The lowest BCUT2D eigenvalue weighted by Crippen LogP contribution is -2.30. The van der Waals surface area contributed by atoms with Crippen LogP contribution in [0.4, 0.5) is 4.39 Å². The first kappa shape index (κ1) is 21.0. The Balaban J connectivity index is 1.62. The quantitative estimate of drug-likeness (QED) is 0.532. The maximum absolute atomic E-state index is 13.8. The van der Waals surface area contributed by atoms with Crippen molar-refractivity contribution in [3.8, 4) is 0 Å². The van der Waals surface area contributed by atoms with E-state index in [-0.39, 0.29) is 17.3 Å². The second-order valence-electron chi connectivity index (χ2n) is 7.19. The van der Waals surface area contributed by atoms with Crippen LogP contribution in [0.3, 0.4) is 0 Å². The summed E-state index contributed by atoms with van der Waals surface area (Å²) in [5.74, 6) is -0.403. The smallest absolute Gasteiger partial charge is 0.275 e. The number of aryl methyl sites for hydroxylation is 1. The molecule has 0 bridgehead atoms. The van der Waals surface area contributed by atoms with Gasteiger partial charge in [-0.1, -0.05) is 13.8 Å². The van der Waals surface area contributed by atoms with Gasteiger partial charge in [0, 0.05) is 25.7 Å². The van der Waals surface area contributed by atoms with Gasteiger partial charge in [0.25, 0.3) is 5.56 Å². The molecule has 0 aliphatic carbocycles. The molecule has 6 nitrogen and oxygen atoms in total. The number of nitrogens with one attached hydrogen (secondary N) is 1. The average Bonchev–Trinajstić information content (AvgIpc) is 3.21. The second-order valence-corrected chi connectivity index (χ2v) is 7.19. The van der Waals surface area contributed by atoms with Crippen molar-refractivity contribution < 1.29 is 9.18 Å². The molecule has 1 aromatic carbocycles. The molecule has 3 rings (SSSR count). The van der Waals surface area contributed by atoms with E-state index >= 15 is 0 Å². The Morgan fingerprint density at radius 3 is 2.66 bits per heavy atom. The number of carbonyl (C=O) groups excluding carboxylic acids is 1. The Bertz CT molecular complexity index is 1040. The van der Waals surface area contributed by atoms with Gasteiger partial charge in [-0.25, -0.2) is 4.39 Å². The van der Waals surface area contributed by atoms with E-state index in [1.807, 2.05) is 0 Å². The molecule has 0 fully saturated rings. The van der Waals surface area contributed by atoms with E-state index in [0.29, 0.717) is 37.0 Å². The Kier molecular flexibility index (Phi) is 7.04. The van der Waals surface area contributed by atoms with Crippen molar-refractivity contribution in [2.24, 2.45) is 0 Å². The van der Waals surface area contributed by atoms with Gasteiger partial charge >= 0.3 is 0 Å². The second kappa shape index (κ2) is 9.69. The van der Waals surface area contributed by atoms with Crippen molar-refractivity contribution in [3.63, 3.8) is 0 Å². The summed E-state index contributed by atoms with van der Waals surface area (Å²) in [6.45, 7) is 8.28. The van der Waals surface area contributed by atoms with Gasteiger partial charge in [-0.05, 0) is 62.8 Å². The van der Waals surface area contributed by atoms with Crippen LogP contribution in [0.25, 0.3) is 16.6 Å². The molecule has 29 heavy (non-hydrogen) atoms. The summed E-state index contributed by atoms with van der Waals surface area (Å²) in [5, 5.41) is 2.94. The fourth-order valence-electron chi connectivity index (χ4n) is 3.71. The highest BCUT2D eigenvalue weighted by Crippen LogP contribution is 2.17. The van der Waals surface area contributed by atoms with Crippen molar-refractivity contribution >= 4 is 22.5 Å². The molecule has 0 atom stereocenters. The third-order valence-electron chi connectivity index (χ3n) is 5.35. The number of nitrogens with zero attached hydrogens (tertiary/aromatic N) is 3. The van der Waals surface area contributed by atoms with Gasteiger partial charge in [0.15, 0.2) is 0 Å². The number of benzene rings is 1. The minimum absolute atomic E-state index is 0.0168. The van der Waals surface area contributed by atoms with Crippen LogP contribution < -0.4 is 10.9 Å². The van der Waals surface area contributed by atoms with E-state index in [2.05, 4.69) is 24.1 Å². The zero-order valence-corrected chi connectivity index (χ0v) is 17.2. The van der Waals surface area contributed by atoms with E-state index in [1.165, 1.54) is 12.1 Å². The van der Waals surface area contributed by atoms with Gasteiger partial charge < -0.3 is 19.2 Å². The van der Waals surface area contributed by atoms with Crippen molar-refractivity contribution in [3.05, 3.63) is 52.7 Å². The van der Waals surface area contributed by atoms with Crippen LogP contribution in [0.15, 0.2) is 41.3 Å². The molecule has 0 saturated heterocycles. The van der Waals surface area contributed by atoms with E-state index in [0.717, 1.165) is 31.6 Å². The van der Waals surface area contributed by atoms with Gasteiger partial charge in [0.2, 0.25) is 5.91 Å². The predicted octanol–water partition coefficient (Wildman–Crippen LogP) is 3.02. The summed E-state index contributed by atoms with van der Waals surface area (Å²) in [5.41, 5.74) is 1.68. The number of fused-ring (bicyclic) bond motifs is 3. The molecule has 3 aromatic rings. The van der Waals surface area contributed by atoms with Crippen LogP contribution in [-0.2, 0) is 11.3 Å². The molecule has 0 aliphatic rings. The Morgan fingerprint density at radius 1 is 1.10 bits per heavy atom. The van der Waals surface area contributed by atoms with Crippen molar-refractivity contribution in [1.82, 2.24) is 19.2 Å². The Hall–Kier alpha value is -2.67. The summed E-state index contributed by atoms with van der Waals surface area (Å²) in [4.78, 5) is 27.3. The molecule has 2 aromatic heterocycles. The molecule has 7 heteroatoms. The number of hydrogen-bond acceptors (Lipinski definition) is 3. The Labute approximate surface area is 169 Å². The summed E-state index contributed by atoms with van der Waals surface area (Å²) >= 11 is 0. The molecule has 0 radical (unpaired) electrons. The Morgan fingerprint density at radius 2 is 1.90 bits per heavy atom. The van der Waals surface area contributed by atoms with E-state index in [1.54, 1.807) is 33.4 Å². The maximum Gasteiger partial charge on any atom is 0.275 e. The van der Waals surface area contributed by atoms with Gasteiger partial charge in [0.1, 0.15) is 11.3 Å². The van der Waals surface area contributed by atoms with Crippen LogP contribution in [0, 0.1) is 5.82 Å². The van der Waals surface area contributed by atoms with Gasteiger partial charge in [0.05, 0.1) is 11.0 Å². The highest BCUT2D eigenvalue weighted by atomic mass is 19.1. The molecule has 1 amide bonds. The van der Waals surface area contributed by atoms with E-state index < -0.39 is 0 Å². The molecular formula is C22H29FN4O2. The number of hydrogen-bond donors (Lipinski definition) is 1. The average molecular weight is 400 g/mol. The van der Waals surface area contributed by atoms with Gasteiger partial charge in [-0.3, -0.25) is 9.59 Å². The zero-order valence-electron chi connectivity index (χ0n) is 17.2.